The molecule has 1 aromatic heterocycles. The minimum atomic E-state index is 0.0106. The maximum absolute atomic E-state index is 5.94. The minimum Gasteiger partial charge on any atom is -0.331 e. The van der Waals surface area contributed by atoms with Crippen molar-refractivity contribution in [3.05, 3.63) is 52.6 Å². The molecule has 0 spiro atoms. The molecule has 1 aromatic carbocycles. The van der Waals surface area contributed by atoms with Crippen molar-refractivity contribution in [2.45, 2.75) is 32.9 Å². The van der Waals surface area contributed by atoms with Gasteiger partial charge in [0.1, 0.15) is 5.82 Å². The Kier molecular flexibility index (Phi) is 4.04. The van der Waals surface area contributed by atoms with Gasteiger partial charge in [0.25, 0.3) is 0 Å². The van der Waals surface area contributed by atoms with Crippen LogP contribution in [0.1, 0.15) is 37.0 Å². The van der Waals surface area contributed by atoms with Gasteiger partial charge in [0.05, 0.1) is 11.9 Å². The summed E-state index contributed by atoms with van der Waals surface area (Å²) < 4.78 is 2.18. The number of halogens is 1. The summed E-state index contributed by atoms with van der Waals surface area (Å²) in [5.74, 6) is 1.05. The fraction of sp³-hybridized carbons (Fsp3) is 0.357. The third-order valence-corrected chi connectivity index (χ3v) is 3.28. The summed E-state index contributed by atoms with van der Waals surface area (Å²) in [4.78, 5) is 4.48. The molecule has 0 bridgehead atoms. The minimum absolute atomic E-state index is 0.0106. The lowest BCUT2D eigenvalue weighted by molar-refractivity contribution is 0.633. The Hall–Kier alpha value is -1.32. The summed E-state index contributed by atoms with van der Waals surface area (Å²) in [7, 11) is 0. The van der Waals surface area contributed by atoms with Crippen LogP contribution in [0.25, 0.3) is 0 Å². The Labute approximate surface area is 113 Å². The van der Waals surface area contributed by atoms with Crippen LogP contribution in [0.15, 0.2) is 30.5 Å². The summed E-state index contributed by atoms with van der Waals surface area (Å²) in [6, 6.07) is 7.88. The molecule has 3 nitrogen and oxygen atoms in total. The second-order valence-corrected chi connectivity index (χ2v) is 4.87. The topological polar surface area (TPSA) is 43.8 Å². The van der Waals surface area contributed by atoms with Gasteiger partial charge in [-0.2, -0.15) is 0 Å². The van der Waals surface area contributed by atoms with Crippen molar-refractivity contribution in [3.8, 4) is 0 Å². The maximum atomic E-state index is 5.94. The molecule has 0 aliphatic heterocycles. The van der Waals surface area contributed by atoms with Crippen LogP contribution in [0.2, 0.25) is 5.02 Å². The normalized spacial score (nSPS) is 12.7. The van der Waals surface area contributed by atoms with Crippen LogP contribution < -0.4 is 5.73 Å². The highest BCUT2D eigenvalue weighted by Gasteiger charge is 2.11. The standard InChI is InChI=1S/C14H18ClN3/c1-3-18-13(10(2)16)9-17-14(18)8-11-4-6-12(15)7-5-11/h4-7,9-10H,3,8,16H2,1-2H3. The Morgan fingerprint density at radius 3 is 2.56 bits per heavy atom. The number of imidazole rings is 1. The van der Waals surface area contributed by atoms with Gasteiger partial charge in [0.15, 0.2) is 0 Å². The number of nitrogens with zero attached hydrogens (tertiary/aromatic N) is 2. The Bertz CT molecular complexity index is 514. The molecule has 1 atom stereocenters. The van der Waals surface area contributed by atoms with Crippen LogP contribution in [-0.4, -0.2) is 9.55 Å². The van der Waals surface area contributed by atoms with E-state index in [1.54, 1.807) is 0 Å². The molecule has 0 aliphatic carbocycles. The smallest absolute Gasteiger partial charge is 0.113 e. The van der Waals surface area contributed by atoms with Gasteiger partial charge in [-0.1, -0.05) is 23.7 Å². The first kappa shape index (κ1) is 13.1. The first-order valence-corrected chi connectivity index (χ1v) is 6.54. The van der Waals surface area contributed by atoms with E-state index in [4.69, 9.17) is 17.3 Å². The van der Waals surface area contributed by atoms with Crippen LogP contribution in [0.5, 0.6) is 0 Å². The fourth-order valence-corrected chi connectivity index (χ4v) is 2.21. The van der Waals surface area contributed by atoms with Crippen LogP contribution in [0.3, 0.4) is 0 Å². The number of nitrogens with two attached hydrogens (primary N) is 1. The summed E-state index contributed by atoms with van der Waals surface area (Å²) in [6.07, 6.45) is 2.68. The van der Waals surface area contributed by atoms with Gasteiger partial charge in [0.2, 0.25) is 0 Å². The molecule has 0 saturated heterocycles. The van der Waals surface area contributed by atoms with E-state index in [-0.39, 0.29) is 6.04 Å². The predicted octanol–water partition coefficient (Wildman–Crippen LogP) is 3.17. The van der Waals surface area contributed by atoms with Crippen molar-refractivity contribution < 1.29 is 0 Å². The van der Waals surface area contributed by atoms with Crippen LogP contribution in [-0.2, 0) is 13.0 Å². The molecule has 2 aromatic rings. The van der Waals surface area contributed by atoms with Crippen molar-refractivity contribution >= 4 is 11.6 Å². The maximum Gasteiger partial charge on any atom is 0.113 e. The van der Waals surface area contributed by atoms with Gasteiger partial charge in [-0.15, -0.1) is 0 Å². The lowest BCUT2D eigenvalue weighted by Crippen LogP contribution is -2.13. The van der Waals surface area contributed by atoms with E-state index >= 15 is 0 Å². The second-order valence-electron chi connectivity index (χ2n) is 4.44. The van der Waals surface area contributed by atoms with E-state index in [0.29, 0.717) is 0 Å². The Balaban J connectivity index is 2.26. The van der Waals surface area contributed by atoms with Crippen molar-refractivity contribution in [2.24, 2.45) is 5.73 Å². The van der Waals surface area contributed by atoms with Gasteiger partial charge >= 0.3 is 0 Å². The highest BCUT2D eigenvalue weighted by atomic mass is 35.5. The Morgan fingerprint density at radius 1 is 1.33 bits per heavy atom. The zero-order valence-electron chi connectivity index (χ0n) is 10.7. The summed E-state index contributed by atoms with van der Waals surface area (Å²) in [6.45, 7) is 4.98. The molecule has 0 fully saturated rings. The van der Waals surface area contributed by atoms with Gasteiger partial charge in [-0.05, 0) is 31.5 Å². The molecule has 0 aliphatic rings. The molecule has 0 radical (unpaired) electrons. The van der Waals surface area contributed by atoms with Crippen molar-refractivity contribution in [1.82, 2.24) is 9.55 Å². The zero-order chi connectivity index (χ0) is 13.1. The largest absolute Gasteiger partial charge is 0.331 e. The fourth-order valence-electron chi connectivity index (χ4n) is 2.08. The summed E-state index contributed by atoms with van der Waals surface area (Å²) in [5.41, 5.74) is 8.23. The van der Waals surface area contributed by atoms with Gasteiger partial charge < -0.3 is 10.3 Å². The number of benzene rings is 1. The molecule has 2 rings (SSSR count). The monoisotopic (exact) mass is 263 g/mol. The molecule has 2 N–H and O–H groups in total. The van der Waals surface area contributed by atoms with Crippen molar-refractivity contribution in [3.63, 3.8) is 0 Å². The molecular formula is C14H18ClN3. The lowest BCUT2D eigenvalue weighted by Gasteiger charge is -2.11. The molecule has 0 amide bonds. The number of rotatable bonds is 4. The molecule has 1 unspecified atom stereocenters. The predicted molar refractivity (Wildman–Crippen MR) is 74.8 cm³/mol. The average molecular weight is 264 g/mol. The third-order valence-electron chi connectivity index (χ3n) is 3.03. The molecule has 1 heterocycles. The third kappa shape index (κ3) is 2.74. The molecule has 96 valence electrons. The van der Waals surface area contributed by atoms with E-state index in [2.05, 4.69) is 16.5 Å². The van der Waals surface area contributed by atoms with Gasteiger partial charge in [-0.25, -0.2) is 4.98 Å². The highest BCUT2D eigenvalue weighted by Crippen LogP contribution is 2.17. The first-order valence-electron chi connectivity index (χ1n) is 6.16. The summed E-state index contributed by atoms with van der Waals surface area (Å²) in [5, 5.41) is 0.758. The Morgan fingerprint density at radius 2 is 2.00 bits per heavy atom. The number of hydrogen-bond acceptors (Lipinski definition) is 2. The second kappa shape index (κ2) is 5.55. The average Bonchev–Trinajstić information content (AvgIpc) is 2.75. The lowest BCUT2D eigenvalue weighted by atomic mass is 10.1. The van der Waals surface area contributed by atoms with Gasteiger partial charge in [-0.3, -0.25) is 0 Å². The van der Waals surface area contributed by atoms with E-state index in [1.807, 2.05) is 37.4 Å². The highest BCUT2D eigenvalue weighted by molar-refractivity contribution is 6.30. The van der Waals surface area contributed by atoms with Crippen molar-refractivity contribution in [2.75, 3.05) is 0 Å². The van der Waals surface area contributed by atoms with Crippen molar-refractivity contribution in [1.29, 1.82) is 0 Å². The quantitative estimate of drug-likeness (QED) is 0.921. The van der Waals surface area contributed by atoms with E-state index in [0.717, 1.165) is 29.5 Å². The van der Waals surface area contributed by atoms with E-state index in [9.17, 15) is 0 Å². The summed E-state index contributed by atoms with van der Waals surface area (Å²) >= 11 is 5.88. The van der Waals surface area contributed by atoms with E-state index in [1.165, 1.54) is 5.56 Å². The number of aromatic nitrogens is 2. The van der Waals surface area contributed by atoms with E-state index < -0.39 is 0 Å². The zero-order valence-corrected chi connectivity index (χ0v) is 11.5. The van der Waals surface area contributed by atoms with Crippen LogP contribution >= 0.6 is 11.6 Å². The van der Waals surface area contributed by atoms with Crippen LogP contribution in [0, 0.1) is 0 Å². The molecular weight excluding hydrogens is 246 g/mol. The van der Waals surface area contributed by atoms with Crippen LogP contribution in [0.4, 0.5) is 0 Å². The number of hydrogen-bond donors (Lipinski definition) is 1. The SMILES string of the molecule is CCn1c(C(C)N)cnc1Cc1ccc(Cl)cc1. The van der Waals surface area contributed by atoms with Gasteiger partial charge in [0, 0.05) is 24.0 Å². The first-order chi connectivity index (χ1) is 8.61. The molecule has 4 heteroatoms. The molecule has 0 saturated carbocycles. The molecule has 18 heavy (non-hydrogen) atoms.